The molecule has 0 aliphatic heterocycles. The molecule has 2 aromatic heterocycles. The number of carboxylic acids is 1. The van der Waals surface area contributed by atoms with E-state index in [4.69, 9.17) is 16.0 Å². The van der Waals surface area contributed by atoms with Crippen molar-refractivity contribution in [3.8, 4) is 0 Å². The van der Waals surface area contributed by atoms with Gasteiger partial charge in [-0.05, 0) is 18.1 Å². The van der Waals surface area contributed by atoms with E-state index in [9.17, 15) is 9.90 Å². The summed E-state index contributed by atoms with van der Waals surface area (Å²) in [4.78, 5) is 9.59. The Labute approximate surface area is 86.6 Å². The number of carbonyl (C=O) groups excluding carboxylic acids is 1. The lowest BCUT2D eigenvalue weighted by molar-refractivity contribution is -0.310. The van der Waals surface area contributed by atoms with E-state index in [2.05, 4.69) is 0 Å². The number of benzene rings is 1. The Balaban J connectivity index is 0.000000149. The van der Waals surface area contributed by atoms with E-state index < -0.39 is 5.97 Å². The van der Waals surface area contributed by atoms with Crippen molar-refractivity contribution in [3.05, 3.63) is 23.2 Å². The number of carboxylic acid groups (broad SMARTS) is 1. The molecule has 0 aromatic carbocycles. The molecule has 0 fully saturated rings. The average molecular weight is 214 g/mol. The van der Waals surface area contributed by atoms with Gasteiger partial charge < -0.3 is 14.3 Å². The van der Waals surface area contributed by atoms with Gasteiger partial charge in [0.2, 0.25) is 0 Å². The van der Waals surface area contributed by atoms with Crippen LogP contribution >= 0.6 is 11.6 Å². The van der Waals surface area contributed by atoms with Gasteiger partial charge in [-0.3, -0.25) is 0 Å². The summed E-state index contributed by atoms with van der Waals surface area (Å²) in [5.74, 6) is -1.33. The molecule has 0 atom stereocenters. The van der Waals surface area contributed by atoms with Crippen LogP contribution in [0, 0.1) is 5.92 Å². The minimum absolute atomic E-state index is 0.343. The van der Waals surface area contributed by atoms with Gasteiger partial charge in [0.25, 0.3) is 0 Å². The van der Waals surface area contributed by atoms with Gasteiger partial charge in [-0.2, -0.15) is 0 Å². The predicted molar refractivity (Wildman–Crippen MR) is 52.3 cm³/mol. The Kier molecular flexibility index (Phi) is 3.36. The highest BCUT2D eigenvalue weighted by molar-refractivity contribution is 6.34. The highest BCUT2D eigenvalue weighted by Gasteiger charge is 2.01. The lowest BCUT2D eigenvalue weighted by atomic mass is 10.2. The third-order valence-electron chi connectivity index (χ3n) is 1.60. The van der Waals surface area contributed by atoms with Crippen LogP contribution in [-0.4, -0.2) is 5.97 Å². The lowest BCUT2D eigenvalue weighted by Gasteiger charge is -2.01. The summed E-state index contributed by atoms with van der Waals surface area (Å²) in [6, 6.07) is 5.55. The highest BCUT2D eigenvalue weighted by atomic mass is 35.5. The summed E-state index contributed by atoms with van der Waals surface area (Å²) in [6.07, 6.45) is 0. The van der Waals surface area contributed by atoms with Crippen LogP contribution in [0.4, 0.5) is 0 Å². The first kappa shape index (κ1) is 10.9. The molecule has 0 radical (unpaired) electrons. The van der Waals surface area contributed by atoms with Gasteiger partial charge in [-0.1, -0.05) is 25.4 Å². The smallest absolute Gasteiger partial charge is 0.146 e. The summed E-state index contributed by atoms with van der Waals surface area (Å²) in [7, 11) is 0. The molecule has 0 aliphatic rings. The van der Waals surface area contributed by atoms with E-state index in [-0.39, 0.29) is 5.92 Å². The van der Waals surface area contributed by atoms with Crippen LogP contribution in [0.3, 0.4) is 0 Å². The van der Waals surface area contributed by atoms with Gasteiger partial charge in [-0.15, -0.1) is 0 Å². The maximum Gasteiger partial charge on any atom is 0.146 e. The number of fused-ring (bicyclic) bond motifs is 2. The molecule has 2 heterocycles. The molecule has 2 rings (SSSR count). The van der Waals surface area contributed by atoms with Gasteiger partial charge in [0.1, 0.15) is 11.2 Å². The molecule has 0 unspecified atom stereocenters. The molecule has 0 aliphatic carbocycles. The zero-order valence-electron chi connectivity index (χ0n) is 7.91. The van der Waals surface area contributed by atoms with Gasteiger partial charge in [0.15, 0.2) is 0 Å². The molecular formula is C10H10ClO3-. The summed E-state index contributed by atoms with van der Waals surface area (Å²) < 4.78 is 5.08. The predicted octanol–water partition coefficient (Wildman–Crippen LogP) is 1.92. The summed E-state index contributed by atoms with van der Waals surface area (Å²) in [5.41, 5.74) is 1.63. The topological polar surface area (TPSA) is 53.3 Å². The molecule has 76 valence electrons. The van der Waals surface area contributed by atoms with Crippen LogP contribution < -0.4 is 5.11 Å². The van der Waals surface area contributed by atoms with Crippen LogP contribution in [0.1, 0.15) is 13.8 Å². The number of hydrogen-bond donors (Lipinski definition) is 0. The normalized spacial score (nSPS) is 10.3. The average Bonchev–Trinajstić information content (AvgIpc) is 2.65. The van der Waals surface area contributed by atoms with Crippen molar-refractivity contribution in [3.63, 3.8) is 0 Å². The fourth-order valence-corrected chi connectivity index (χ4v) is 0.964. The van der Waals surface area contributed by atoms with Gasteiger partial charge >= 0.3 is 0 Å². The maximum absolute atomic E-state index is 9.59. The molecule has 4 heteroatoms. The lowest BCUT2D eigenvalue weighted by Crippen LogP contribution is -2.27. The van der Waals surface area contributed by atoms with Crippen LogP contribution in [0.2, 0.25) is 5.02 Å². The summed E-state index contributed by atoms with van der Waals surface area (Å²) in [6.45, 7) is 3.16. The van der Waals surface area contributed by atoms with E-state index in [0.717, 1.165) is 11.2 Å². The van der Waals surface area contributed by atoms with Crippen molar-refractivity contribution in [2.45, 2.75) is 13.8 Å². The number of rotatable bonds is 1. The number of furan rings is 2. The first-order valence-corrected chi connectivity index (χ1v) is 4.56. The molecule has 0 saturated heterocycles. The zero-order valence-corrected chi connectivity index (χ0v) is 8.67. The molecule has 0 N–H and O–H groups in total. The number of aliphatic carboxylic acids is 1. The fourth-order valence-electron chi connectivity index (χ4n) is 0.755. The quantitative estimate of drug-likeness (QED) is 0.727. The van der Waals surface area contributed by atoms with Crippen molar-refractivity contribution in [2.24, 2.45) is 5.92 Å². The van der Waals surface area contributed by atoms with Crippen LogP contribution in [0.5, 0.6) is 0 Å². The maximum atomic E-state index is 9.59. The second kappa shape index (κ2) is 4.33. The Morgan fingerprint density at radius 1 is 1.50 bits per heavy atom. The second-order valence-corrected chi connectivity index (χ2v) is 3.58. The van der Waals surface area contributed by atoms with E-state index in [1.165, 1.54) is 0 Å². The molecule has 0 saturated carbocycles. The number of carbonyl (C=O) groups is 1. The van der Waals surface area contributed by atoms with Crippen LogP contribution in [0.25, 0.3) is 11.2 Å². The van der Waals surface area contributed by atoms with Gasteiger partial charge in [-0.25, -0.2) is 0 Å². The second-order valence-electron chi connectivity index (χ2n) is 3.17. The minimum atomic E-state index is -0.991. The van der Waals surface area contributed by atoms with E-state index >= 15 is 0 Å². The molecule has 3 nitrogen and oxygen atoms in total. The molecular weight excluding hydrogens is 204 g/mol. The standard InChI is InChI=1S/C6H3ClO.C4H8O2/c7-5-3-4-1-2-6(5)8-4;1-3(2)4(5)6/h1-3H;3H,1-2H3,(H,5,6)/p-1. The van der Waals surface area contributed by atoms with Crippen molar-refractivity contribution < 1.29 is 14.3 Å². The van der Waals surface area contributed by atoms with Gasteiger partial charge in [0.05, 0.1) is 5.02 Å². The van der Waals surface area contributed by atoms with E-state index in [1.807, 2.05) is 12.1 Å². The van der Waals surface area contributed by atoms with Crippen molar-refractivity contribution in [1.82, 2.24) is 0 Å². The van der Waals surface area contributed by atoms with E-state index in [0.29, 0.717) is 5.02 Å². The monoisotopic (exact) mass is 213 g/mol. The molecule has 2 bridgehead atoms. The number of halogens is 1. The van der Waals surface area contributed by atoms with Crippen LogP contribution in [0.15, 0.2) is 22.6 Å². The van der Waals surface area contributed by atoms with Crippen molar-refractivity contribution >= 4 is 28.7 Å². The van der Waals surface area contributed by atoms with Crippen LogP contribution in [-0.2, 0) is 4.79 Å². The Morgan fingerprint density at radius 3 is 2.21 bits per heavy atom. The molecule has 0 amide bonds. The Hall–Kier alpha value is -1.22. The molecule has 14 heavy (non-hydrogen) atoms. The molecule has 2 aromatic rings. The Morgan fingerprint density at radius 2 is 2.07 bits per heavy atom. The largest absolute Gasteiger partial charge is 0.550 e. The number of hydrogen-bond acceptors (Lipinski definition) is 3. The third kappa shape index (κ3) is 2.64. The summed E-state index contributed by atoms with van der Waals surface area (Å²) in [5, 5.41) is 10.3. The minimum Gasteiger partial charge on any atom is -0.550 e. The first-order chi connectivity index (χ1) is 6.50. The SMILES string of the molecule is CC(C)C(=O)[O-].Clc1cc2ccc1o2. The zero-order chi connectivity index (χ0) is 10.7. The first-order valence-electron chi connectivity index (χ1n) is 4.19. The fraction of sp³-hybridized carbons (Fsp3) is 0.300. The van der Waals surface area contributed by atoms with Gasteiger partial charge in [0, 0.05) is 12.0 Å². The Bertz CT molecular complexity index is 405. The summed E-state index contributed by atoms with van der Waals surface area (Å²) >= 11 is 5.64. The highest BCUT2D eigenvalue weighted by Crippen LogP contribution is 2.25. The molecule has 0 spiro atoms. The third-order valence-corrected chi connectivity index (χ3v) is 1.90. The van der Waals surface area contributed by atoms with Crippen molar-refractivity contribution in [2.75, 3.05) is 0 Å². The van der Waals surface area contributed by atoms with E-state index in [1.54, 1.807) is 19.9 Å². The van der Waals surface area contributed by atoms with Crippen molar-refractivity contribution in [1.29, 1.82) is 0 Å².